The third kappa shape index (κ3) is 1.16. The summed E-state index contributed by atoms with van der Waals surface area (Å²) >= 11 is 0. The van der Waals surface area contributed by atoms with Crippen molar-refractivity contribution in [3.63, 3.8) is 0 Å². The molecule has 13 heavy (non-hydrogen) atoms. The molecule has 4 heteroatoms. The Bertz CT molecular complexity index is 516. The first-order valence-corrected chi connectivity index (χ1v) is 3.93. The molecule has 0 saturated heterocycles. The van der Waals surface area contributed by atoms with E-state index < -0.39 is 0 Å². The lowest BCUT2D eigenvalue weighted by Gasteiger charge is -2.03. The summed E-state index contributed by atoms with van der Waals surface area (Å²) in [6.07, 6.45) is 0. The van der Waals surface area contributed by atoms with Gasteiger partial charge in [0.1, 0.15) is 11.5 Å². The molecule has 2 aromatic heterocycles. The zero-order valence-corrected chi connectivity index (χ0v) is 7.19. The fourth-order valence-corrected chi connectivity index (χ4v) is 1.33. The minimum absolute atomic E-state index is 0.138. The number of hydrogen-bond acceptors (Lipinski definition) is 3. The number of hydrogen-bond donors (Lipinski definition) is 1. The highest BCUT2D eigenvalue weighted by molar-refractivity contribution is 5.45. The highest BCUT2D eigenvalue weighted by Gasteiger charge is 2.00. The van der Waals surface area contributed by atoms with Crippen molar-refractivity contribution in [2.75, 3.05) is 5.73 Å². The van der Waals surface area contributed by atoms with Gasteiger partial charge in [0.15, 0.2) is 0 Å². The van der Waals surface area contributed by atoms with Gasteiger partial charge < -0.3 is 5.73 Å². The summed E-state index contributed by atoms with van der Waals surface area (Å²) in [6, 6.07) is 6.77. The summed E-state index contributed by atoms with van der Waals surface area (Å²) < 4.78 is 1.52. The number of aromatic nitrogens is 2. The zero-order chi connectivity index (χ0) is 9.42. The van der Waals surface area contributed by atoms with Crippen LogP contribution in [0, 0.1) is 6.92 Å². The Kier molecular flexibility index (Phi) is 1.55. The van der Waals surface area contributed by atoms with Gasteiger partial charge in [-0.15, -0.1) is 0 Å². The van der Waals surface area contributed by atoms with Crippen molar-refractivity contribution < 1.29 is 0 Å². The van der Waals surface area contributed by atoms with Crippen LogP contribution >= 0.6 is 0 Å². The predicted octanol–water partition coefficient (Wildman–Crippen LogP) is 0.585. The van der Waals surface area contributed by atoms with E-state index in [9.17, 15) is 4.79 Å². The topological polar surface area (TPSA) is 60.4 Å². The number of nitrogens with two attached hydrogens (primary N) is 1. The monoisotopic (exact) mass is 175 g/mol. The molecule has 0 unspecified atom stereocenters. The molecule has 0 aliphatic carbocycles. The van der Waals surface area contributed by atoms with Crippen LogP contribution in [0.4, 0.5) is 5.82 Å². The molecule has 0 saturated carbocycles. The Morgan fingerprint density at radius 2 is 2.23 bits per heavy atom. The summed E-state index contributed by atoms with van der Waals surface area (Å²) in [6.45, 7) is 1.85. The lowest BCUT2D eigenvalue weighted by molar-refractivity contribution is 0.994. The fourth-order valence-electron chi connectivity index (χ4n) is 1.33. The summed E-state index contributed by atoms with van der Waals surface area (Å²) in [5, 5.41) is 0. The van der Waals surface area contributed by atoms with Gasteiger partial charge in [-0.25, -0.2) is 4.98 Å². The number of fused-ring (bicyclic) bond motifs is 1. The molecule has 0 radical (unpaired) electrons. The van der Waals surface area contributed by atoms with E-state index >= 15 is 0 Å². The van der Waals surface area contributed by atoms with Gasteiger partial charge in [0.2, 0.25) is 0 Å². The molecular weight excluding hydrogens is 166 g/mol. The lowest BCUT2D eigenvalue weighted by atomic mass is 10.3. The zero-order valence-electron chi connectivity index (χ0n) is 7.19. The molecule has 0 amide bonds. The van der Waals surface area contributed by atoms with Gasteiger partial charge in [0.05, 0.1) is 0 Å². The van der Waals surface area contributed by atoms with Gasteiger partial charge in [0.25, 0.3) is 5.56 Å². The van der Waals surface area contributed by atoms with Crippen LogP contribution in [0.15, 0.2) is 29.1 Å². The van der Waals surface area contributed by atoms with Crippen LogP contribution in [0.25, 0.3) is 5.65 Å². The third-order valence-corrected chi connectivity index (χ3v) is 1.90. The first-order valence-electron chi connectivity index (χ1n) is 3.93. The van der Waals surface area contributed by atoms with E-state index in [1.807, 2.05) is 19.1 Å². The van der Waals surface area contributed by atoms with Crippen molar-refractivity contribution in [1.29, 1.82) is 0 Å². The number of rotatable bonds is 0. The second-order valence-electron chi connectivity index (χ2n) is 2.88. The summed E-state index contributed by atoms with van der Waals surface area (Å²) in [4.78, 5) is 15.5. The minimum Gasteiger partial charge on any atom is -0.383 e. The van der Waals surface area contributed by atoms with Gasteiger partial charge in [-0.1, -0.05) is 6.07 Å². The van der Waals surface area contributed by atoms with E-state index in [1.54, 1.807) is 6.07 Å². The Balaban J connectivity index is 3.03. The maximum Gasteiger partial charge on any atom is 0.260 e. The molecule has 2 aromatic rings. The molecule has 0 atom stereocenters. The van der Waals surface area contributed by atoms with Gasteiger partial charge in [-0.3, -0.25) is 9.20 Å². The molecule has 4 nitrogen and oxygen atoms in total. The van der Waals surface area contributed by atoms with Gasteiger partial charge in [-0.2, -0.15) is 0 Å². The van der Waals surface area contributed by atoms with E-state index in [0.29, 0.717) is 5.65 Å². The second-order valence-corrected chi connectivity index (χ2v) is 2.88. The second kappa shape index (κ2) is 2.58. The fraction of sp³-hybridized carbons (Fsp3) is 0.111. The van der Waals surface area contributed by atoms with Crippen molar-refractivity contribution in [1.82, 2.24) is 9.38 Å². The van der Waals surface area contributed by atoms with Crippen LogP contribution in [-0.2, 0) is 0 Å². The summed E-state index contributed by atoms with van der Waals surface area (Å²) in [5.74, 6) is 0.260. The maximum atomic E-state index is 11.5. The molecule has 66 valence electrons. The molecule has 0 aliphatic rings. The highest BCUT2D eigenvalue weighted by Crippen LogP contribution is 2.02. The SMILES string of the molecule is Cc1cccc2nc(N)cc(=O)n12. The van der Waals surface area contributed by atoms with Gasteiger partial charge in [-0.05, 0) is 19.1 Å². The van der Waals surface area contributed by atoms with Crippen molar-refractivity contribution in [2.45, 2.75) is 6.92 Å². The average molecular weight is 175 g/mol. The molecule has 0 aliphatic heterocycles. The largest absolute Gasteiger partial charge is 0.383 e. The smallest absolute Gasteiger partial charge is 0.260 e. The molecule has 0 fully saturated rings. The van der Waals surface area contributed by atoms with Crippen molar-refractivity contribution >= 4 is 11.5 Å². The predicted molar refractivity (Wildman–Crippen MR) is 50.6 cm³/mol. The van der Waals surface area contributed by atoms with E-state index in [0.717, 1.165) is 5.69 Å². The first-order chi connectivity index (χ1) is 6.18. The van der Waals surface area contributed by atoms with Crippen LogP contribution in [-0.4, -0.2) is 9.38 Å². The molecule has 2 N–H and O–H groups in total. The average Bonchev–Trinajstić information content (AvgIpc) is 2.02. The number of pyridine rings is 1. The van der Waals surface area contributed by atoms with Crippen LogP contribution in [0.3, 0.4) is 0 Å². The van der Waals surface area contributed by atoms with Crippen LogP contribution in [0.1, 0.15) is 5.69 Å². The lowest BCUT2D eigenvalue weighted by Crippen LogP contribution is -2.16. The Hall–Kier alpha value is -1.84. The van der Waals surface area contributed by atoms with E-state index in [2.05, 4.69) is 4.98 Å². The molecular formula is C9H9N3O. The van der Waals surface area contributed by atoms with Gasteiger partial charge in [0, 0.05) is 11.8 Å². The van der Waals surface area contributed by atoms with E-state index in [4.69, 9.17) is 5.73 Å². The molecule has 2 heterocycles. The number of nitrogens with zero attached hydrogens (tertiary/aromatic N) is 2. The highest BCUT2D eigenvalue weighted by atomic mass is 16.1. The number of aryl methyl sites for hydroxylation is 1. The Labute approximate surface area is 74.6 Å². The molecule has 0 bridgehead atoms. The normalized spacial score (nSPS) is 10.5. The van der Waals surface area contributed by atoms with Crippen molar-refractivity contribution in [3.05, 3.63) is 40.3 Å². The number of anilines is 1. The van der Waals surface area contributed by atoms with Crippen LogP contribution in [0.5, 0.6) is 0 Å². The van der Waals surface area contributed by atoms with Crippen LogP contribution < -0.4 is 11.3 Å². The molecule has 0 aromatic carbocycles. The Morgan fingerprint density at radius 1 is 1.46 bits per heavy atom. The first kappa shape index (κ1) is 7.79. The van der Waals surface area contributed by atoms with Crippen molar-refractivity contribution in [3.8, 4) is 0 Å². The Morgan fingerprint density at radius 3 is 3.00 bits per heavy atom. The number of nitrogen functional groups attached to an aromatic ring is 1. The van der Waals surface area contributed by atoms with Crippen molar-refractivity contribution in [2.24, 2.45) is 0 Å². The maximum absolute atomic E-state index is 11.5. The summed E-state index contributed by atoms with van der Waals surface area (Å²) in [5.41, 5.74) is 6.76. The minimum atomic E-state index is -0.138. The summed E-state index contributed by atoms with van der Waals surface area (Å²) in [7, 11) is 0. The van der Waals surface area contributed by atoms with E-state index in [1.165, 1.54) is 10.5 Å². The van der Waals surface area contributed by atoms with Gasteiger partial charge >= 0.3 is 0 Å². The molecule has 0 spiro atoms. The quantitative estimate of drug-likeness (QED) is 0.637. The third-order valence-electron chi connectivity index (χ3n) is 1.90. The van der Waals surface area contributed by atoms with E-state index in [-0.39, 0.29) is 11.4 Å². The molecule has 2 rings (SSSR count). The van der Waals surface area contributed by atoms with Crippen LogP contribution in [0.2, 0.25) is 0 Å². The standard InChI is InChI=1S/C9H9N3O/c1-6-3-2-4-8-11-7(10)5-9(13)12(6)8/h2-5H,10H2,1H3.